The van der Waals surface area contributed by atoms with Gasteiger partial charge < -0.3 is 14.5 Å². The highest BCUT2D eigenvalue weighted by atomic mass is 19.1. The summed E-state index contributed by atoms with van der Waals surface area (Å²) in [7, 11) is 0. The van der Waals surface area contributed by atoms with Crippen LogP contribution in [0, 0.1) is 5.82 Å². The Hall–Kier alpha value is -1.99. The number of nitrogens with one attached hydrogen (secondary N) is 1. The summed E-state index contributed by atoms with van der Waals surface area (Å²) in [5, 5.41) is 10.8. The van der Waals surface area contributed by atoms with Crippen molar-refractivity contribution >= 4 is 11.7 Å². The van der Waals surface area contributed by atoms with E-state index in [0.29, 0.717) is 18.0 Å². The van der Waals surface area contributed by atoms with Crippen molar-refractivity contribution in [1.82, 2.24) is 15.1 Å². The third kappa shape index (κ3) is 3.99. The van der Waals surface area contributed by atoms with Crippen molar-refractivity contribution in [1.29, 1.82) is 0 Å². The maximum atomic E-state index is 13.1. The first-order valence-corrected chi connectivity index (χ1v) is 6.95. The number of ether oxygens (including phenoxy) is 1. The SMILES string of the molecule is Fc1cccc(Nc2nnc(CCN3CCOCC3)o2)c1. The molecule has 6 nitrogen and oxygen atoms in total. The van der Waals surface area contributed by atoms with Gasteiger partial charge in [-0.05, 0) is 18.2 Å². The van der Waals surface area contributed by atoms with Crippen LogP contribution in [0.25, 0.3) is 0 Å². The molecule has 2 aromatic rings. The van der Waals surface area contributed by atoms with Crippen LogP contribution in [-0.2, 0) is 11.2 Å². The molecule has 3 rings (SSSR count). The summed E-state index contributed by atoms with van der Waals surface area (Å²) < 4.78 is 23.9. The Morgan fingerprint density at radius 3 is 2.90 bits per heavy atom. The number of anilines is 2. The summed E-state index contributed by atoms with van der Waals surface area (Å²) in [6.07, 6.45) is 0.692. The molecule has 1 aliphatic rings. The molecule has 1 aliphatic heterocycles. The summed E-state index contributed by atoms with van der Waals surface area (Å²) in [5.74, 6) is 0.257. The minimum atomic E-state index is -0.313. The Kier molecular flexibility index (Phi) is 4.42. The zero-order valence-electron chi connectivity index (χ0n) is 11.6. The largest absolute Gasteiger partial charge is 0.408 e. The second kappa shape index (κ2) is 6.64. The van der Waals surface area contributed by atoms with Crippen LogP contribution in [0.2, 0.25) is 0 Å². The Labute approximate surface area is 121 Å². The van der Waals surface area contributed by atoms with Gasteiger partial charge in [0.25, 0.3) is 0 Å². The van der Waals surface area contributed by atoms with E-state index in [0.717, 1.165) is 32.8 Å². The van der Waals surface area contributed by atoms with Crippen LogP contribution in [0.3, 0.4) is 0 Å². The van der Waals surface area contributed by atoms with E-state index in [2.05, 4.69) is 20.4 Å². The van der Waals surface area contributed by atoms with Crippen LogP contribution >= 0.6 is 0 Å². The third-order valence-corrected chi connectivity index (χ3v) is 3.29. The Balaban J connectivity index is 1.53. The molecule has 0 spiro atoms. The van der Waals surface area contributed by atoms with Gasteiger partial charge >= 0.3 is 6.01 Å². The summed E-state index contributed by atoms with van der Waals surface area (Å²) in [4.78, 5) is 2.30. The lowest BCUT2D eigenvalue weighted by molar-refractivity contribution is 0.0377. The first-order valence-electron chi connectivity index (χ1n) is 6.95. The summed E-state index contributed by atoms with van der Waals surface area (Å²) in [5.41, 5.74) is 0.582. The Morgan fingerprint density at radius 1 is 1.24 bits per heavy atom. The van der Waals surface area contributed by atoms with E-state index < -0.39 is 0 Å². The van der Waals surface area contributed by atoms with Crippen molar-refractivity contribution in [2.24, 2.45) is 0 Å². The second-order valence-corrected chi connectivity index (χ2v) is 4.84. The van der Waals surface area contributed by atoms with E-state index in [-0.39, 0.29) is 11.8 Å². The third-order valence-electron chi connectivity index (χ3n) is 3.29. The van der Waals surface area contributed by atoms with E-state index in [1.165, 1.54) is 12.1 Å². The van der Waals surface area contributed by atoms with Gasteiger partial charge in [0.2, 0.25) is 5.89 Å². The number of hydrogen-bond acceptors (Lipinski definition) is 6. The van der Waals surface area contributed by atoms with Gasteiger partial charge in [0.1, 0.15) is 5.82 Å². The lowest BCUT2D eigenvalue weighted by Crippen LogP contribution is -2.37. The van der Waals surface area contributed by atoms with Crippen LogP contribution in [0.1, 0.15) is 5.89 Å². The number of morpholine rings is 1. The van der Waals surface area contributed by atoms with Gasteiger partial charge in [-0.2, -0.15) is 0 Å². The minimum absolute atomic E-state index is 0.276. The molecule has 0 amide bonds. The highest BCUT2D eigenvalue weighted by Crippen LogP contribution is 2.16. The minimum Gasteiger partial charge on any atom is -0.408 e. The number of halogens is 1. The predicted molar refractivity (Wildman–Crippen MR) is 74.9 cm³/mol. The zero-order chi connectivity index (χ0) is 14.5. The molecule has 21 heavy (non-hydrogen) atoms. The molecule has 0 radical (unpaired) electrons. The van der Waals surface area contributed by atoms with Crippen LogP contribution < -0.4 is 5.32 Å². The molecule has 112 valence electrons. The van der Waals surface area contributed by atoms with Crippen molar-refractivity contribution in [3.63, 3.8) is 0 Å². The first kappa shape index (κ1) is 14.0. The smallest absolute Gasteiger partial charge is 0.320 e. The van der Waals surface area contributed by atoms with E-state index in [9.17, 15) is 4.39 Å². The number of hydrogen-bond donors (Lipinski definition) is 1. The maximum Gasteiger partial charge on any atom is 0.320 e. The highest BCUT2D eigenvalue weighted by Gasteiger charge is 2.12. The van der Waals surface area contributed by atoms with Gasteiger partial charge in [-0.3, -0.25) is 4.90 Å². The van der Waals surface area contributed by atoms with Crippen molar-refractivity contribution < 1.29 is 13.5 Å². The molecular formula is C14H17FN4O2. The molecule has 1 saturated heterocycles. The van der Waals surface area contributed by atoms with Crippen LogP contribution in [0.4, 0.5) is 16.1 Å². The molecule has 0 unspecified atom stereocenters. The highest BCUT2D eigenvalue weighted by molar-refractivity contribution is 5.51. The van der Waals surface area contributed by atoms with Gasteiger partial charge in [-0.1, -0.05) is 11.2 Å². The molecule has 7 heteroatoms. The molecule has 1 fully saturated rings. The van der Waals surface area contributed by atoms with Gasteiger partial charge in [0.15, 0.2) is 0 Å². The molecule has 1 aromatic heterocycles. The van der Waals surface area contributed by atoms with Gasteiger partial charge in [-0.25, -0.2) is 4.39 Å². The molecule has 0 saturated carbocycles. The fourth-order valence-corrected chi connectivity index (χ4v) is 2.17. The van der Waals surface area contributed by atoms with Crippen molar-refractivity contribution in [2.75, 3.05) is 38.2 Å². The van der Waals surface area contributed by atoms with Crippen LogP contribution in [0.5, 0.6) is 0 Å². The molecule has 0 aliphatic carbocycles. The van der Waals surface area contributed by atoms with E-state index >= 15 is 0 Å². The average Bonchev–Trinajstić information content (AvgIpc) is 2.94. The normalized spacial score (nSPS) is 16.0. The lowest BCUT2D eigenvalue weighted by Gasteiger charge is -2.25. The van der Waals surface area contributed by atoms with Crippen molar-refractivity contribution in [3.8, 4) is 0 Å². The fourth-order valence-electron chi connectivity index (χ4n) is 2.17. The topological polar surface area (TPSA) is 63.4 Å². The number of nitrogens with zero attached hydrogens (tertiary/aromatic N) is 3. The van der Waals surface area contributed by atoms with E-state index in [4.69, 9.17) is 9.15 Å². The molecule has 1 N–H and O–H groups in total. The molecule has 1 aromatic carbocycles. The van der Waals surface area contributed by atoms with Crippen molar-refractivity contribution in [3.05, 3.63) is 36.0 Å². The quantitative estimate of drug-likeness (QED) is 0.907. The summed E-state index contributed by atoms with van der Waals surface area (Å²) in [6, 6.07) is 6.39. The van der Waals surface area contributed by atoms with E-state index in [1.807, 2.05) is 0 Å². The average molecular weight is 292 g/mol. The zero-order valence-corrected chi connectivity index (χ0v) is 11.6. The van der Waals surface area contributed by atoms with E-state index in [1.54, 1.807) is 12.1 Å². The summed E-state index contributed by atoms with van der Waals surface area (Å²) >= 11 is 0. The first-order chi connectivity index (χ1) is 10.3. The summed E-state index contributed by atoms with van der Waals surface area (Å²) in [6.45, 7) is 4.28. The Morgan fingerprint density at radius 2 is 2.10 bits per heavy atom. The molecular weight excluding hydrogens is 275 g/mol. The fraction of sp³-hybridized carbons (Fsp3) is 0.429. The number of benzene rings is 1. The molecule has 2 heterocycles. The predicted octanol–water partition coefficient (Wildman–Crippen LogP) is 1.83. The second-order valence-electron chi connectivity index (χ2n) is 4.84. The maximum absolute atomic E-state index is 13.1. The number of rotatable bonds is 5. The van der Waals surface area contributed by atoms with Gasteiger partial charge in [0, 0.05) is 31.7 Å². The van der Waals surface area contributed by atoms with Gasteiger partial charge in [-0.15, -0.1) is 5.10 Å². The monoisotopic (exact) mass is 292 g/mol. The molecule has 0 bridgehead atoms. The van der Waals surface area contributed by atoms with Crippen molar-refractivity contribution in [2.45, 2.75) is 6.42 Å². The van der Waals surface area contributed by atoms with Crippen LogP contribution in [-0.4, -0.2) is 47.9 Å². The number of aromatic nitrogens is 2. The molecule has 0 atom stereocenters. The lowest BCUT2D eigenvalue weighted by atomic mass is 10.3. The van der Waals surface area contributed by atoms with Crippen LogP contribution in [0.15, 0.2) is 28.7 Å². The van der Waals surface area contributed by atoms with Gasteiger partial charge in [0.05, 0.1) is 13.2 Å². The Bertz CT molecular complexity index is 584. The standard InChI is InChI=1S/C14H17FN4O2/c15-11-2-1-3-12(10-11)16-14-18-17-13(21-14)4-5-19-6-8-20-9-7-19/h1-3,10H,4-9H2,(H,16,18).